The first kappa shape index (κ1) is 12.2. The summed E-state index contributed by atoms with van der Waals surface area (Å²) in [6.07, 6.45) is 6.47. The predicted octanol–water partition coefficient (Wildman–Crippen LogP) is 2.28. The topological polar surface area (TPSA) is 61.7 Å². The number of phenolic OH excluding ortho intramolecular Hbond substituents is 1. The van der Waals surface area contributed by atoms with Crippen molar-refractivity contribution in [2.45, 2.75) is 25.7 Å². The maximum Gasteiger partial charge on any atom is 0.243 e. The summed E-state index contributed by atoms with van der Waals surface area (Å²) in [6, 6.07) is 6.78. The number of hydrogen-bond acceptors (Lipinski definition) is 3. The molecule has 1 aromatic rings. The van der Waals surface area contributed by atoms with Crippen LogP contribution in [-0.2, 0) is 4.79 Å². The molecule has 4 heteroatoms. The van der Waals surface area contributed by atoms with Gasteiger partial charge in [-0.05, 0) is 42.4 Å². The van der Waals surface area contributed by atoms with E-state index in [4.69, 9.17) is 0 Å². The first-order valence-corrected chi connectivity index (χ1v) is 6.87. The Morgan fingerprint density at radius 2 is 2.05 bits per heavy atom. The highest BCUT2D eigenvalue weighted by Gasteiger charge is 2.54. The summed E-state index contributed by atoms with van der Waals surface area (Å²) < 4.78 is 0. The minimum absolute atomic E-state index is 0.0494. The molecule has 0 aromatic heterocycles. The van der Waals surface area contributed by atoms with Crippen LogP contribution in [0.1, 0.15) is 31.2 Å². The molecule has 3 rings (SSSR count). The van der Waals surface area contributed by atoms with E-state index in [1.165, 1.54) is 25.7 Å². The lowest BCUT2D eigenvalue weighted by atomic mass is 10.0. The van der Waals surface area contributed by atoms with Crippen LogP contribution >= 0.6 is 0 Å². The fourth-order valence-corrected chi connectivity index (χ4v) is 3.23. The Balaban J connectivity index is 1.54. The van der Waals surface area contributed by atoms with E-state index in [0.29, 0.717) is 11.8 Å². The molecule has 2 saturated carbocycles. The van der Waals surface area contributed by atoms with E-state index in [2.05, 4.69) is 10.5 Å². The van der Waals surface area contributed by atoms with Gasteiger partial charge in [0.25, 0.3) is 0 Å². The van der Waals surface area contributed by atoms with Crippen molar-refractivity contribution in [3.05, 3.63) is 29.8 Å². The largest absolute Gasteiger partial charge is 0.508 e. The third kappa shape index (κ3) is 2.62. The Bertz CT molecular complexity index is 501. The molecule has 2 atom stereocenters. The van der Waals surface area contributed by atoms with Gasteiger partial charge in [-0.3, -0.25) is 4.79 Å². The zero-order valence-corrected chi connectivity index (χ0v) is 10.7. The molecular weight excluding hydrogens is 240 g/mol. The number of nitrogens with one attached hydrogen (secondary N) is 1. The lowest BCUT2D eigenvalue weighted by Crippen LogP contribution is -2.20. The highest BCUT2D eigenvalue weighted by molar-refractivity contribution is 5.85. The van der Waals surface area contributed by atoms with Crippen LogP contribution in [0.4, 0.5) is 0 Å². The second kappa shape index (κ2) is 5.03. The molecule has 0 heterocycles. The molecule has 2 aliphatic rings. The fourth-order valence-electron chi connectivity index (χ4n) is 3.23. The number of hydrogen-bond donors (Lipinski definition) is 2. The normalized spacial score (nSPS) is 28.9. The third-order valence-electron chi connectivity index (χ3n) is 4.22. The molecule has 100 valence electrons. The number of aromatic hydroxyl groups is 1. The highest BCUT2D eigenvalue weighted by Crippen LogP contribution is 2.55. The van der Waals surface area contributed by atoms with Crippen molar-refractivity contribution in [1.82, 2.24) is 5.43 Å². The van der Waals surface area contributed by atoms with Crippen LogP contribution in [0.15, 0.2) is 29.4 Å². The van der Waals surface area contributed by atoms with E-state index in [9.17, 15) is 9.90 Å². The van der Waals surface area contributed by atoms with Crippen molar-refractivity contribution in [3.8, 4) is 5.75 Å². The van der Waals surface area contributed by atoms with Crippen molar-refractivity contribution in [2.24, 2.45) is 22.9 Å². The molecule has 2 N–H and O–H groups in total. The Morgan fingerprint density at radius 1 is 1.32 bits per heavy atom. The summed E-state index contributed by atoms with van der Waals surface area (Å²) in [6.45, 7) is 0. The van der Waals surface area contributed by atoms with E-state index >= 15 is 0 Å². The van der Waals surface area contributed by atoms with Crippen molar-refractivity contribution in [3.63, 3.8) is 0 Å². The number of rotatable bonds is 3. The highest BCUT2D eigenvalue weighted by atomic mass is 16.3. The van der Waals surface area contributed by atoms with Crippen molar-refractivity contribution in [1.29, 1.82) is 0 Å². The SMILES string of the molecule is O=C(NN=Cc1cccc(O)c1)C1C2CCCCC21. The summed E-state index contributed by atoms with van der Waals surface area (Å²) >= 11 is 0. The van der Waals surface area contributed by atoms with Crippen LogP contribution in [-0.4, -0.2) is 17.2 Å². The number of amides is 1. The average Bonchev–Trinajstić information content (AvgIpc) is 3.13. The summed E-state index contributed by atoms with van der Waals surface area (Å²) in [5.74, 6) is 1.63. The van der Waals surface area contributed by atoms with E-state index < -0.39 is 0 Å². The molecule has 1 amide bonds. The zero-order chi connectivity index (χ0) is 13.2. The van der Waals surface area contributed by atoms with Crippen molar-refractivity contribution >= 4 is 12.1 Å². The Hall–Kier alpha value is -1.84. The van der Waals surface area contributed by atoms with E-state index in [-0.39, 0.29) is 17.6 Å². The number of phenols is 1. The number of hydrazone groups is 1. The van der Waals surface area contributed by atoms with Gasteiger partial charge in [-0.1, -0.05) is 25.0 Å². The minimum Gasteiger partial charge on any atom is -0.508 e. The van der Waals surface area contributed by atoms with Crippen molar-refractivity contribution < 1.29 is 9.90 Å². The minimum atomic E-state index is 0.0494. The lowest BCUT2D eigenvalue weighted by molar-refractivity contribution is -0.122. The fraction of sp³-hybridized carbons (Fsp3) is 0.467. The van der Waals surface area contributed by atoms with Crippen LogP contribution in [0.25, 0.3) is 0 Å². The smallest absolute Gasteiger partial charge is 0.243 e. The van der Waals surface area contributed by atoms with Gasteiger partial charge in [0.2, 0.25) is 5.91 Å². The molecule has 2 unspecified atom stereocenters. The molecule has 2 fully saturated rings. The number of carbonyl (C=O) groups is 1. The first-order chi connectivity index (χ1) is 9.25. The van der Waals surface area contributed by atoms with E-state index in [1.54, 1.807) is 24.4 Å². The number of nitrogens with zero attached hydrogens (tertiary/aromatic N) is 1. The molecule has 4 nitrogen and oxygen atoms in total. The molecule has 0 radical (unpaired) electrons. The van der Waals surface area contributed by atoms with Crippen LogP contribution < -0.4 is 5.43 Å². The maximum atomic E-state index is 12.0. The molecule has 19 heavy (non-hydrogen) atoms. The van der Waals surface area contributed by atoms with E-state index in [0.717, 1.165) is 5.56 Å². The molecule has 0 spiro atoms. The Kier molecular flexibility index (Phi) is 3.23. The quantitative estimate of drug-likeness (QED) is 0.645. The Labute approximate surface area is 112 Å². The summed E-state index contributed by atoms with van der Waals surface area (Å²) in [7, 11) is 0. The second-order valence-corrected chi connectivity index (χ2v) is 5.47. The molecule has 0 saturated heterocycles. The summed E-state index contributed by atoms with van der Waals surface area (Å²) in [5, 5.41) is 13.3. The molecular formula is C15H18N2O2. The van der Waals surface area contributed by atoms with Gasteiger partial charge in [-0.15, -0.1) is 0 Å². The van der Waals surface area contributed by atoms with Crippen molar-refractivity contribution in [2.75, 3.05) is 0 Å². The van der Waals surface area contributed by atoms with E-state index in [1.807, 2.05) is 6.07 Å². The van der Waals surface area contributed by atoms with Crippen LogP contribution in [0.3, 0.4) is 0 Å². The van der Waals surface area contributed by atoms with Gasteiger partial charge in [0.15, 0.2) is 0 Å². The molecule has 2 aliphatic carbocycles. The molecule has 0 bridgehead atoms. The van der Waals surface area contributed by atoms with Crippen LogP contribution in [0.2, 0.25) is 0 Å². The second-order valence-electron chi connectivity index (χ2n) is 5.47. The van der Waals surface area contributed by atoms with Gasteiger partial charge in [0.1, 0.15) is 5.75 Å². The standard InChI is InChI=1S/C15H18N2O2/c18-11-5-3-4-10(8-11)9-16-17-15(19)14-12-6-1-2-7-13(12)14/h3-5,8-9,12-14,18H,1-2,6-7H2,(H,17,19). The number of fused-ring (bicyclic) bond motifs is 1. The van der Waals surface area contributed by atoms with Gasteiger partial charge in [0, 0.05) is 5.92 Å². The van der Waals surface area contributed by atoms with Crippen LogP contribution in [0.5, 0.6) is 5.75 Å². The van der Waals surface area contributed by atoms with Gasteiger partial charge >= 0.3 is 0 Å². The first-order valence-electron chi connectivity index (χ1n) is 6.87. The molecule has 0 aliphatic heterocycles. The predicted molar refractivity (Wildman–Crippen MR) is 72.8 cm³/mol. The zero-order valence-electron chi connectivity index (χ0n) is 10.7. The van der Waals surface area contributed by atoms with Gasteiger partial charge < -0.3 is 5.11 Å². The van der Waals surface area contributed by atoms with Gasteiger partial charge in [-0.2, -0.15) is 5.10 Å². The Morgan fingerprint density at radius 3 is 2.74 bits per heavy atom. The monoisotopic (exact) mass is 258 g/mol. The summed E-state index contributed by atoms with van der Waals surface area (Å²) in [4.78, 5) is 12.0. The third-order valence-corrected chi connectivity index (χ3v) is 4.22. The molecule has 1 aromatic carbocycles. The van der Waals surface area contributed by atoms with Gasteiger partial charge in [-0.25, -0.2) is 5.43 Å². The average molecular weight is 258 g/mol. The number of carbonyl (C=O) groups excluding carboxylic acids is 1. The van der Waals surface area contributed by atoms with Crippen LogP contribution in [0, 0.1) is 17.8 Å². The lowest BCUT2D eigenvalue weighted by Gasteiger charge is -2.04. The maximum absolute atomic E-state index is 12.0. The van der Waals surface area contributed by atoms with Gasteiger partial charge in [0.05, 0.1) is 6.21 Å². The summed E-state index contributed by atoms with van der Waals surface area (Å²) in [5.41, 5.74) is 3.39. The number of benzene rings is 1.